The Balaban J connectivity index is 2.14. The highest BCUT2D eigenvalue weighted by Gasteiger charge is 2.21. The summed E-state index contributed by atoms with van der Waals surface area (Å²) in [5.74, 6) is 0.330. The molecule has 5 heteroatoms. The highest BCUT2D eigenvalue weighted by atomic mass is 16.1. The molecule has 1 heterocycles. The summed E-state index contributed by atoms with van der Waals surface area (Å²) in [4.78, 5) is 18.3. The van der Waals surface area contributed by atoms with Crippen LogP contribution in [0.1, 0.15) is 13.8 Å². The van der Waals surface area contributed by atoms with Gasteiger partial charge in [0, 0.05) is 23.5 Å². The average Bonchev–Trinajstić information content (AvgIpc) is 3.06. The zero-order valence-corrected chi connectivity index (χ0v) is 14.5. The molecule has 0 aliphatic rings. The fourth-order valence-electron chi connectivity index (χ4n) is 2.75. The van der Waals surface area contributed by atoms with Crippen molar-refractivity contribution < 1.29 is 4.79 Å². The van der Waals surface area contributed by atoms with Gasteiger partial charge in [0.2, 0.25) is 11.9 Å². The van der Waals surface area contributed by atoms with Crippen molar-refractivity contribution >= 4 is 11.9 Å². The minimum Gasteiger partial charge on any atom is -0.368 e. The number of nitrogens with zero attached hydrogens (tertiary/aromatic N) is 3. The van der Waals surface area contributed by atoms with Crippen LogP contribution in [0.2, 0.25) is 0 Å². The quantitative estimate of drug-likeness (QED) is 0.753. The first kappa shape index (κ1) is 16.8. The smallest absolute Gasteiger partial charge is 0.237 e. The minimum absolute atomic E-state index is 0.0842. The molecule has 0 saturated heterocycles. The largest absolute Gasteiger partial charge is 0.368 e. The van der Waals surface area contributed by atoms with Crippen LogP contribution < -0.4 is 10.6 Å². The monoisotopic (exact) mass is 334 g/mol. The van der Waals surface area contributed by atoms with Gasteiger partial charge in [0.15, 0.2) is 0 Å². The summed E-state index contributed by atoms with van der Waals surface area (Å²) in [5, 5.41) is 0. The van der Waals surface area contributed by atoms with E-state index in [0.29, 0.717) is 5.95 Å². The van der Waals surface area contributed by atoms with Crippen LogP contribution in [0.15, 0.2) is 66.9 Å². The van der Waals surface area contributed by atoms with Gasteiger partial charge >= 0.3 is 0 Å². The lowest BCUT2D eigenvalue weighted by Crippen LogP contribution is -2.40. The van der Waals surface area contributed by atoms with E-state index in [-0.39, 0.29) is 18.5 Å². The first-order valence-corrected chi connectivity index (χ1v) is 8.31. The predicted octanol–water partition coefficient (Wildman–Crippen LogP) is 3.24. The fraction of sp³-hybridized carbons (Fsp3) is 0.200. The van der Waals surface area contributed by atoms with Crippen molar-refractivity contribution in [1.29, 1.82) is 0 Å². The zero-order valence-electron chi connectivity index (χ0n) is 14.5. The molecule has 0 spiro atoms. The zero-order chi connectivity index (χ0) is 17.8. The van der Waals surface area contributed by atoms with E-state index in [1.165, 1.54) is 0 Å². The molecule has 1 amide bonds. The van der Waals surface area contributed by atoms with E-state index in [4.69, 9.17) is 10.7 Å². The van der Waals surface area contributed by atoms with Gasteiger partial charge < -0.3 is 10.6 Å². The number of hydrogen-bond donors (Lipinski definition) is 1. The molecule has 0 unspecified atom stereocenters. The molecule has 128 valence electrons. The maximum atomic E-state index is 11.6. The van der Waals surface area contributed by atoms with E-state index in [2.05, 4.69) is 0 Å². The Kier molecular flexibility index (Phi) is 4.84. The van der Waals surface area contributed by atoms with E-state index in [1.807, 2.05) is 90.2 Å². The number of carbonyl (C=O) groups excluding carboxylic acids is 1. The van der Waals surface area contributed by atoms with Crippen molar-refractivity contribution in [2.24, 2.45) is 5.73 Å². The van der Waals surface area contributed by atoms with Gasteiger partial charge in [-0.25, -0.2) is 4.98 Å². The molecule has 0 radical (unpaired) electrons. The van der Waals surface area contributed by atoms with Gasteiger partial charge in [-0.3, -0.25) is 9.36 Å². The highest BCUT2D eigenvalue weighted by Crippen LogP contribution is 2.27. The van der Waals surface area contributed by atoms with Crippen molar-refractivity contribution in [2.75, 3.05) is 11.4 Å². The van der Waals surface area contributed by atoms with E-state index in [9.17, 15) is 4.79 Å². The van der Waals surface area contributed by atoms with Gasteiger partial charge in [-0.15, -0.1) is 0 Å². The van der Waals surface area contributed by atoms with Crippen LogP contribution >= 0.6 is 0 Å². The maximum Gasteiger partial charge on any atom is 0.237 e. The van der Waals surface area contributed by atoms with Gasteiger partial charge in [-0.2, -0.15) is 0 Å². The second-order valence-corrected chi connectivity index (χ2v) is 6.19. The molecule has 0 bridgehead atoms. The highest BCUT2D eigenvalue weighted by molar-refractivity contribution is 5.79. The van der Waals surface area contributed by atoms with Crippen LogP contribution in [0.3, 0.4) is 0 Å². The molecule has 0 saturated carbocycles. The molecule has 0 aliphatic carbocycles. The van der Waals surface area contributed by atoms with Gasteiger partial charge in [0.05, 0.1) is 12.2 Å². The van der Waals surface area contributed by atoms with Crippen LogP contribution in [-0.2, 0) is 4.79 Å². The number of anilines is 1. The maximum absolute atomic E-state index is 11.6. The van der Waals surface area contributed by atoms with E-state index < -0.39 is 0 Å². The van der Waals surface area contributed by atoms with Crippen molar-refractivity contribution in [3.63, 3.8) is 0 Å². The Hall–Kier alpha value is -3.08. The summed E-state index contributed by atoms with van der Waals surface area (Å²) in [6, 6.07) is 20.1. The Labute approximate surface area is 147 Å². The number of aromatic nitrogens is 2. The number of carbonyl (C=O) groups is 1. The van der Waals surface area contributed by atoms with Crippen LogP contribution in [0.5, 0.6) is 0 Å². The number of rotatable bonds is 6. The molecule has 25 heavy (non-hydrogen) atoms. The number of primary amides is 1. The van der Waals surface area contributed by atoms with Gasteiger partial charge in [-0.1, -0.05) is 48.5 Å². The van der Waals surface area contributed by atoms with Crippen LogP contribution in [0, 0.1) is 0 Å². The average molecular weight is 334 g/mol. The van der Waals surface area contributed by atoms with Crippen LogP contribution in [-0.4, -0.2) is 28.0 Å². The summed E-state index contributed by atoms with van der Waals surface area (Å²) in [6.45, 7) is 4.17. The van der Waals surface area contributed by atoms with Gasteiger partial charge in [0.25, 0.3) is 0 Å². The molecular weight excluding hydrogens is 312 g/mol. The van der Waals surface area contributed by atoms with Crippen LogP contribution in [0.4, 0.5) is 5.95 Å². The normalized spacial score (nSPS) is 10.8. The number of nitrogens with two attached hydrogens (primary N) is 1. The summed E-state index contributed by atoms with van der Waals surface area (Å²) in [7, 11) is 0. The lowest BCUT2D eigenvalue weighted by atomic mass is 10.2. The summed E-state index contributed by atoms with van der Waals surface area (Å²) >= 11 is 0. The molecule has 0 fully saturated rings. The second-order valence-electron chi connectivity index (χ2n) is 6.19. The third kappa shape index (κ3) is 3.71. The summed E-state index contributed by atoms with van der Waals surface area (Å²) in [5.41, 5.74) is 8.33. The number of hydrogen-bond acceptors (Lipinski definition) is 3. The van der Waals surface area contributed by atoms with E-state index in [1.54, 1.807) is 0 Å². The van der Waals surface area contributed by atoms with Crippen molar-refractivity contribution in [3.8, 4) is 16.9 Å². The molecule has 0 atom stereocenters. The Morgan fingerprint density at radius 3 is 2.24 bits per heavy atom. The molecule has 2 aromatic carbocycles. The molecule has 3 aromatic rings. The van der Waals surface area contributed by atoms with Crippen molar-refractivity contribution in [3.05, 3.63) is 66.9 Å². The lowest BCUT2D eigenvalue weighted by molar-refractivity contribution is -0.116. The standard InChI is InChI=1S/C20H22N4O/c1-15(2)23(14-19(21)25)20-22-18(16-9-5-3-6-10-16)13-24(20)17-11-7-4-8-12-17/h3-13,15H,14H2,1-2H3,(H2,21,25). The Morgan fingerprint density at radius 2 is 1.68 bits per heavy atom. The minimum atomic E-state index is -0.377. The first-order chi connectivity index (χ1) is 12.1. The summed E-state index contributed by atoms with van der Waals surface area (Å²) in [6.07, 6.45) is 2.00. The molecule has 1 aromatic heterocycles. The Bertz CT molecular complexity index is 841. The molecule has 0 aliphatic heterocycles. The van der Waals surface area contributed by atoms with Crippen molar-refractivity contribution in [2.45, 2.75) is 19.9 Å². The summed E-state index contributed by atoms with van der Waals surface area (Å²) < 4.78 is 2.01. The molecule has 2 N–H and O–H groups in total. The fourth-order valence-corrected chi connectivity index (χ4v) is 2.75. The predicted molar refractivity (Wildman–Crippen MR) is 101 cm³/mol. The third-order valence-corrected chi connectivity index (χ3v) is 4.00. The topological polar surface area (TPSA) is 64.2 Å². The van der Waals surface area contributed by atoms with E-state index in [0.717, 1.165) is 16.9 Å². The van der Waals surface area contributed by atoms with E-state index >= 15 is 0 Å². The number of benzene rings is 2. The third-order valence-electron chi connectivity index (χ3n) is 4.00. The molecule has 3 rings (SSSR count). The number of para-hydroxylation sites is 1. The van der Waals surface area contributed by atoms with Gasteiger partial charge in [-0.05, 0) is 26.0 Å². The lowest BCUT2D eigenvalue weighted by Gasteiger charge is -2.27. The number of imidazole rings is 1. The molecular formula is C20H22N4O. The SMILES string of the molecule is CC(C)N(CC(N)=O)c1nc(-c2ccccc2)cn1-c1ccccc1. The first-order valence-electron chi connectivity index (χ1n) is 8.31. The number of amides is 1. The van der Waals surface area contributed by atoms with Crippen LogP contribution in [0.25, 0.3) is 16.9 Å². The van der Waals surface area contributed by atoms with Gasteiger partial charge in [0.1, 0.15) is 0 Å². The second kappa shape index (κ2) is 7.21. The Morgan fingerprint density at radius 1 is 1.08 bits per heavy atom. The van der Waals surface area contributed by atoms with Crippen molar-refractivity contribution in [1.82, 2.24) is 9.55 Å². The molecule has 5 nitrogen and oxygen atoms in total.